The largest absolute Gasteiger partial charge is 0.468 e. The number of hydrogen-bond acceptors (Lipinski definition) is 2. The van der Waals surface area contributed by atoms with E-state index in [-0.39, 0.29) is 6.79 Å². The number of rotatable bonds is 3. The Morgan fingerprint density at radius 2 is 1.33 bits per heavy atom. The van der Waals surface area contributed by atoms with Crippen LogP contribution in [0.25, 0.3) is 0 Å². The predicted octanol–water partition coefficient (Wildman–Crippen LogP) is 3.38. The van der Waals surface area contributed by atoms with Gasteiger partial charge in [0.05, 0.1) is 0 Å². The molecular weight excluding hydrogens is 260 g/mol. The lowest BCUT2D eigenvalue weighted by molar-refractivity contribution is 0.0511. The highest BCUT2D eigenvalue weighted by atomic mass is 16.7. The first-order valence-electron chi connectivity index (χ1n) is 6.58. The highest BCUT2D eigenvalue weighted by Crippen LogP contribution is 2.11. The quantitative estimate of drug-likeness (QED) is 0.632. The van der Waals surface area contributed by atoms with E-state index in [1.807, 2.05) is 48.5 Å². The molecule has 0 saturated heterocycles. The molecule has 104 valence electrons. The molecule has 0 radical (unpaired) electrons. The number of aryl methyl sites for hydroxylation is 1. The van der Waals surface area contributed by atoms with E-state index in [2.05, 4.69) is 30.6 Å². The van der Waals surface area contributed by atoms with Crippen LogP contribution < -0.4 is 4.74 Å². The van der Waals surface area contributed by atoms with Gasteiger partial charge in [0.1, 0.15) is 5.75 Å². The second-order valence-corrected chi connectivity index (χ2v) is 4.44. The minimum Gasteiger partial charge on any atom is -0.468 e. The van der Waals surface area contributed by atoms with Crippen molar-refractivity contribution in [3.63, 3.8) is 0 Å². The van der Waals surface area contributed by atoms with Crippen LogP contribution in [0, 0.1) is 30.6 Å². The predicted molar refractivity (Wildman–Crippen MR) is 83.9 cm³/mol. The van der Waals surface area contributed by atoms with Crippen LogP contribution in [0.5, 0.6) is 5.75 Å². The van der Waals surface area contributed by atoms with E-state index in [0.29, 0.717) is 0 Å². The SMILES string of the molecule is COCOc1ccc(C#CC#Cc2ccc(C)cc2)cc1. The molecule has 2 nitrogen and oxygen atoms in total. The first-order chi connectivity index (χ1) is 10.3. The minimum atomic E-state index is 0.243. The zero-order valence-corrected chi connectivity index (χ0v) is 12.1. The summed E-state index contributed by atoms with van der Waals surface area (Å²) in [5.74, 6) is 12.5. The summed E-state index contributed by atoms with van der Waals surface area (Å²) in [6.45, 7) is 2.30. The molecule has 2 rings (SSSR count). The molecule has 0 heterocycles. The average molecular weight is 276 g/mol. The first-order valence-corrected chi connectivity index (χ1v) is 6.58. The van der Waals surface area contributed by atoms with Crippen LogP contribution in [0.3, 0.4) is 0 Å². The van der Waals surface area contributed by atoms with E-state index >= 15 is 0 Å². The Hall–Kier alpha value is -2.68. The van der Waals surface area contributed by atoms with Crippen LogP contribution in [0.1, 0.15) is 16.7 Å². The maximum absolute atomic E-state index is 5.30. The molecule has 0 unspecified atom stereocenters. The standard InChI is InChI=1S/C19H16O2/c1-16-7-9-17(10-8-16)5-3-4-6-18-11-13-19(14-12-18)21-15-20-2/h7-14H,15H2,1-2H3. The van der Waals surface area contributed by atoms with E-state index < -0.39 is 0 Å². The van der Waals surface area contributed by atoms with E-state index in [1.165, 1.54) is 5.56 Å². The fourth-order valence-corrected chi connectivity index (χ4v) is 1.61. The summed E-state index contributed by atoms with van der Waals surface area (Å²) in [5, 5.41) is 0. The van der Waals surface area contributed by atoms with Gasteiger partial charge in [0.2, 0.25) is 0 Å². The second kappa shape index (κ2) is 7.80. The maximum atomic E-state index is 5.30. The van der Waals surface area contributed by atoms with Gasteiger partial charge < -0.3 is 9.47 Å². The van der Waals surface area contributed by atoms with Crippen molar-refractivity contribution >= 4 is 0 Å². The summed E-state index contributed by atoms with van der Waals surface area (Å²) in [4.78, 5) is 0. The van der Waals surface area contributed by atoms with E-state index in [1.54, 1.807) is 7.11 Å². The highest BCUT2D eigenvalue weighted by Gasteiger charge is 1.92. The third kappa shape index (κ3) is 5.07. The molecule has 21 heavy (non-hydrogen) atoms. The molecule has 0 saturated carbocycles. The van der Waals surface area contributed by atoms with Gasteiger partial charge in [-0.15, -0.1) is 0 Å². The van der Waals surface area contributed by atoms with Gasteiger partial charge >= 0.3 is 0 Å². The number of hydrogen-bond donors (Lipinski definition) is 0. The number of benzene rings is 2. The van der Waals surface area contributed by atoms with Gasteiger partial charge in [0.25, 0.3) is 0 Å². The zero-order valence-electron chi connectivity index (χ0n) is 12.1. The molecule has 0 fully saturated rings. The molecule has 0 N–H and O–H groups in total. The van der Waals surface area contributed by atoms with E-state index in [9.17, 15) is 0 Å². The summed E-state index contributed by atoms with van der Waals surface area (Å²) in [6.07, 6.45) is 0. The molecule has 2 aromatic carbocycles. The second-order valence-electron chi connectivity index (χ2n) is 4.44. The Bertz CT molecular complexity index is 690. The van der Waals surface area contributed by atoms with Crippen LogP contribution in [-0.4, -0.2) is 13.9 Å². The normalized spacial score (nSPS) is 9.05. The fraction of sp³-hybridized carbons (Fsp3) is 0.158. The van der Waals surface area contributed by atoms with Crippen molar-refractivity contribution < 1.29 is 9.47 Å². The van der Waals surface area contributed by atoms with Crippen molar-refractivity contribution in [2.24, 2.45) is 0 Å². The van der Waals surface area contributed by atoms with Crippen molar-refractivity contribution in [3.8, 4) is 29.4 Å². The van der Waals surface area contributed by atoms with Crippen molar-refractivity contribution in [1.29, 1.82) is 0 Å². The van der Waals surface area contributed by atoms with Crippen LogP contribution in [0.15, 0.2) is 48.5 Å². The summed E-state index contributed by atoms with van der Waals surface area (Å²) >= 11 is 0. The third-order valence-corrected chi connectivity index (χ3v) is 2.73. The maximum Gasteiger partial charge on any atom is 0.188 e. The van der Waals surface area contributed by atoms with Gasteiger partial charge in [0.15, 0.2) is 6.79 Å². The summed E-state index contributed by atoms with van der Waals surface area (Å²) in [7, 11) is 1.59. The average Bonchev–Trinajstić information content (AvgIpc) is 2.52. The summed E-state index contributed by atoms with van der Waals surface area (Å²) in [5.41, 5.74) is 3.10. The lowest BCUT2D eigenvalue weighted by atomic mass is 10.1. The van der Waals surface area contributed by atoms with Gasteiger partial charge in [-0.05, 0) is 55.2 Å². The van der Waals surface area contributed by atoms with E-state index in [4.69, 9.17) is 9.47 Å². The monoisotopic (exact) mass is 276 g/mol. The lowest BCUT2D eigenvalue weighted by Gasteiger charge is -2.03. The van der Waals surface area contributed by atoms with Crippen molar-refractivity contribution in [1.82, 2.24) is 0 Å². The lowest BCUT2D eigenvalue weighted by Crippen LogP contribution is -1.98. The van der Waals surface area contributed by atoms with Crippen LogP contribution in [-0.2, 0) is 4.74 Å². The molecule has 0 aromatic heterocycles. The minimum absolute atomic E-state index is 0.243. The third-order valence-electron chi connectivity index (χ3n) is 2.73. The Morgan fingerprint density at radius 1 is 0.810 bits per heavy atom. The smallest absolute Gasteiger partial charge is 0.188 e. The summed E-state index contributed by atoms with van der Waals surface area (Å²) in [6, 6.07) is 15.6. The van der Waals surface area contributed by atoms with Gasteiger partial charge in [-0.3, -0.25) is 0 Å². The molecule has 0 aliphatic carbocycles. The highest BCUT2D eigenvalue weighted by molar-refractivity contribution is 5.45. The Kier molecular flexibility index (Phi) is 5.47. The molecule has 0 amide bonds. The first kappa shape index (κ1) is 14.7. The van der Waals surface area contributed by atoms with Crippen LogP contribution >= 0.6 is 0 Å². The van der Waals surface area contributed by atoms with Crippen LogP contribution in [0.2, 0.25) is 0 Å². The number of ether oxygens (including phenoxy) is 2. The van der Waals surface area contributed by atoms with E-state index in [0.717, 1.165) is 16.9 Å². The van der Waals surface area contributed by atoms with Gasteiger partial charge in [0, 0.05) is 18.2 Å². The van der Waals surface area contributed by atoms with Crippen molar-refractivity contribution in [3.05, 3.63) is 65.2 Å². The van der Waals surface area contributed by atoms with Gasteiger partial charge in [-0.1, -0.05) is 29.5 Å². The molecular formula is C19H16O2. The zero-order chi connectivity index (χ0) is 14.9. The molecule has 0 atom stereocenters. The van der Waals surface area contributed by atoms with Gasteiger partial charge in [-0.2, -0.15) is 0 Å². The van der Waals surface area contributed by atoms with Crippen molar-refractivity contribution in [2.75, 3.05) is 13.9 Å². The Morgan fingerprint density at radius 3 is 1.86 bits per heavy atom. The summed E-state index contributed by atoms with van der Waals surface area (Å²) < 4.78 is 10.1. The topological polar surface area (TPSA) is 18.5 Å². The Balaban J connectivity index is 1.98. The van der Waals surface area contributed by atoms with Crippen molar-refractivity contribution in [2.45, 2.75) is 6.92 Å². The van der Waals surface area contributed by atoms with Crippen LogP contribution in [0.4, 0.5) is 0 Å². The number of methoxy groups -OCH3 is 1. The molecule has 0 bridgehead atoms. The molecule has 2 aromatic rings. The molecule has 0 aliphatic rings. The molecule has 0 aliphatic heterocycles. The fourth-order valence-electron chi connectivity index (χ4n) is 1.61. The Labute approximate surface area is 125 Å². The molecule has 2 heteroatoms. The molecule has 0 spiro atoms. The van der Waals surface area contributed by atoms with Gasteiger partial charge in [-0.25, -0.2) is 0 Å².